The molecule has 4 aromatic rings. The normalized spacial score (nSPS) is 11.2. The maximum Gasteiger partial charge on any atom is 0.277 e. The first-order valence-electron chi connectivity index (χ1n) is 6.62. The first-order chi connectivity index (χ1) is 10.7. The fourth-order valence-electron chi connectivity index (χ4n) is 2.32. The summed E-state index contributed by atoms with van der Waals surface area (Å²) in [5, 5.41) is 3.92. The second-order valence-corrected chi connectivity index (χ2v) is 4.77. The Kier molecular flexibility index (Phi) is 2.72. The van der Waals surface area contributed by atoms with Crippen LogP contribution in [-0.2, 0) is 0 Å². The van der Waals surface area contributed by atoms with E-state index >= 15 is 0 Å². The molecule has 0 unspecified atom stereocenters. The summed E-state index contributed by atoms with van der Waals surface area (Å²) in [6.07, 6.45) is 3.49. The lowest BCUT2D eigenvalue weighted by Gasteiger charge is -1.96. The zero-order chi connectivity index (χ0) is 15.1. The highest BCUT2D eigenvalue weighted by molar-refractivity contribution is 5.61. The Labute approximate surface area is 124 Å². The predicted octanol–water partition coefficient (Wildman–Crippen LogP) is 2.89. The standard InChI is InChI=1S/C15H10FN5O/c1-9-12(21-7-3-6-17-15(21)18-9)14-19-13(20-22-14)10-4-2-5-11(16)8-10/h2-8H,1H3. The quantitative estimate of drug-likeness (QED) is 0.568. The van der Waals surface area contributed by atoms with Crippen LogP contribution in [0.1, 0.15) is 5.69 Å². The van der Waals surface area contributed by atoms with Gasteiger partial charge in [0, 0.05) is 18.0 Å². The van der Waals surface area contributed by atoms with E-state index in [-0.39, 0.29) is 5.82 Å². The molecule has 0 saturated heterocycles. The minimum atomic E-state index is -0.348. The Morgan fingerprint density at radius 1 is 1.18 bits per heavy atom. The lowest BCUT2D eigenvalue weighted by molar-refractivity contribution is 0.430. The molecule has 0 radical (unpaired) electrons. The van der Waals surface area contributed by atoms with E-state index in [1.54, 1.807) is 28.8 Å². The van der Waals surface area contributed by atoms with Crippen LogP contribution in [0.3, 0.4) is 0 Å². The van der Waals surface area contributed by atoms with Crippen molar-refractivity contribution in [3.8, 4) is 23.0 Å². The van der Waals surface area contributed by atoms with E-state index in [1.807, 2.05) is 13.1 Å². The monoisotopic (exact) mass is 295 g/mol. The van der Waals surface area contributed by atoms with Crippen molar-refractivity contribution in [3.63, 3.8) is 0 Å². The van der Waals surface area contributed by atoms with E-state index in [9.17, 15) is 4.39 Å². The van der Waals surface area contributed by atoms with Gasteiger partial charge in [-0.1, -0.05) is 17.3 Å². The number of halogens is 1. The van der Waals surface area contributed by atoms with Crippen LogP contribution in [0.25, 0.3) is 28.8 Å². The van der Waals surface area contributed by atoms with Crippen LogP contribution in [0.5, 0.6) is 0 Å². The molecule has 7 heteroatoms. The Morgan fingerprint density at radius 2 is 2.09 bits per heavy atom. The summed E-state index contributed by atoms with van der Waals surface area (Å²) in [7, 11) is 0. The highest BCUT2D eigenvalue weighted by Gasteiger charge is 2.18. The van der Waals surface area contributed by atoms with Gasteiger partial charge in [0.05, 0.1) is 5.69 Å². The van der Waals surface area contributed by atoms with Crippen molar-refractivity contribution in [2.75, 3.05) is 0 Å². The molecule has 0 bridgehead atoms. The lowest BCUT2D eigenvalue weighted by atomic mass is 10.2. The number of imidazole rings is 1. The summed E-state index contributed by atoms with van der Waals surface area (Å²) in [6.45, 7) is 1.84. The van der Waals surface area contributed by atoms with E-state index in [0.29, 0.717) is 28.8 Å². The van der Waals surface area contributed by atoms with E-state index in [4.69, 9.17) is 4.52 Å². The zero-order valence-electron chi connectivity index (χ0n) is 11.6. The van der Waals surface area contributed by atoms with E-state index in [0.717, 1.165) is 5.69 Å². The SMILES string of the molecule is Cc1nc2ncccn2c1-c1nc(-c2cccc(F)c2)no1. The summed E-state index contributed by atoms with van der Waals surface area (Å²) >= 11 is 0. The Balaban J connectivity index is 1.85. The molecule has 1 aromatic carbocycles. The fraction of sp³-hybridized carbons (Fsp3) is 0.0667. The van der Waals surface area contributed by atoms with E-state index < -0.39 is 0 Å². The third kappa shape index (κ3) is 1.95. The molecule has 108 valence electrons. The van der Waals surface area contributed by atoms with Crippen molar-refractivity contribution in [2.45, 2.75) is 6.92 Å². The molecule has 0 N–H and O–H groups in total. The maximum atomic E-state index is 13.3. The second kappa shape index (κ2) is 4.73. The highest BCUT2D eigenvalue weighted by atomic mass is 19.1. The molecule has 0 amide bonds. The largest absolute Gasteiger partial charge is 0.332 e. The van der Waals surface area contributed by atoms with Crippen LogP contribution < -0.4 is 0 Å². The van der Waals surface area contributed by atoms with E-state index in [1.165, 1.54) is 12.1 Å². The Bertz CT molecular complexity index is 975. The third-order valence-corrected chi connectivity index (χ3v) is 3.29. The number of hydrogen-bond acceptors (Lipinski definition) is 5. The number of aromatic nitrogens is 5. The van der Waals surface area contributed by atoms with Crippen LogP contribution in [0.4, 0.5) is 4.39 Å². The number of fused-ring (bicyclic) bond motifs is 1. The van der Waals surface area contributed by atoms with Gasteiger partial charge in [-0.05, 0) is 25.1 Å². The van der Waals surface area contributed by atoms with Crippen LogP contribution in [0.15, 0.2) is 47.2 Å². The number of rotatable bonds is 2. The second-order valence-electron chi connectivity index (χ2n) is 4.77. The van der Waals surface area contributed by atoms with Gasteiger partial charge in [0.25, 0.3) is 5.89 Å². The van der Waals surface area contributed by atoms with Gasteiger partial charge < -0.3 is 4.52 Å². The smallest absolute Gasteiger partial charge is 0.277 e. The zero-order valence-corrected chi connectivity index (χ0v) is 11.6. The molecule has 3 heterocycles. The molecule has 0 atom stereocenters. The minimum absolute atomic E-state index is 0.317. The molecule has 0 aliphatic heterocycles. The first-order valence-corrected chi connectivity index (χ1v) is 6.62. The van der Waals surface area contributed by atoms with Crippen molar-refractivity contribution in [3.05, 3.63) is 54.2 Å². The molecule has 6 nitrogen and oxygen atoms in total. The summed E-state index contributed by atoms with van der Waals surface area (Å²) in [6, 6.07) is 7.84. The molecule has 0 spiro atoms. The van der Waals surface area contributed by atoms with Crippen LogP contribution in [0.2, 0.25) is 0 Å². The van der Waals surface area contributed by atoms with Gasteiger partial charge in [0.1, 0.15) is 11.5 Å². The fourth-order valence-corrected chi connectivity index (χ4v) is 2.32. The molecule has 3 aromatic heterocycles. The average Bonchev–Trinajstić information content (AvgIpc) is 3.10. The topological polar surface area (TPSA) is 69.1 Å². The Morgan fingerprint density at radius 3 is 2.95 bits per heavy atom. The highest BCUT2D eigenvalue weighted by Crippen LogP contribution is 2.25. The van der Waals surface area contributed by atoms with Crippen molar-refractivity contribution in [1.82, 2.24) is 24.5 Å². The van der Waals surface area contributed by atoms with Crippen molar-refractivity contribution >= 4 is 5.78 Å². The predicted molar refractivity (Wildman–Crippen MR) is 76.4 cm³/mol. The molecule has 0 aliphatic rings. The van der Waals surface area contributed by atoms with Gasteiger partial charge in [-0.15, -0.1) is 0 Å². The molecular formula is C15H10FN5O. The van der Waals surface area contributed by atoms with Gasteiger partial charge in [-0.3, -0.25) is 4.40 Å². The van der Waals surface area contributed by atoms with Gasteiger partial charge in [0.15, 0.2) is 0 Å². The summed E-state index contributed by atoms with van der Waals surface area (Å²) in [4.78, 5) is 12.9. The number of hydrogen-bond donors (Lipinski definition) is 0. The van der Waals surface area contributed by atoms with Crippen molar-refractivity contribution in [1.29, 1.82) is 0 Å². The van der Waals surface area contributed by atoms with Crippen molar-refractivity contribution < 1.29 is 8.91 Å². The maximum absolute atomic E-state index is 13.3. The van der Waals surface area contributed by atoms with Gasteiger partial charge >= 0.3 is 0 Å². The van der Waals surface area contributed by atoms with Gasteiger partial charge in [0.2, 0.25) is 11.6 Å². The summed E-state index contributed by atoms with van der Waals surface area (Å²) in [5.41, 5.74) is 1.96. The van der Waals surface area contributed by atoms with Gasteiger partial charge in [-0.2, -0.15) is 4.98 Å². The van der Waals surface area contributed by atoms with Gasteiger partial charge in [-0.25, -0.2) is 14.4 Å². The Hall–Kier alpha value is -3.09. The molecule has 22 heavy (non-hydrogen) atoms. The van der Waals surface area contributed by atoms with Crippen LogP contribution >= 0.6 is 0 Å². The first kappa shape index (κ1) is 12.6. The van der Waals surface area contributed by atoms with Crippen LogP contribution in [-0.4, -0.2) is 24.5 Å². The molecule has 0 fully saturated rings. The van der Waals surface area contributed by atoms with E-state index in [2.05, 4.69) is 20.1 Å². The van der Waals surface area contributed by atoms with Crippen LogP contribution in [0, 0.1) is 12.7 Å². The summed E-state index contributed by atoms with van der Waals surface area (Å²) in [5.74, 6) is 0.851. The number of aryl methyl sites for hydroxylation is 1. The average molecular weight is 295 g/mol. The molecule has 0 aliphatic carbocycles. The molecule has 4 rings (SSSR count). The number of benzene rings is 1. The van der Waals surface area contributed by atoms with Crippen molar-refractivity contribution in [2.24, 2.45) is 0 Å². The third-order valence-electron chi connectivity index (χ3n) is 3.29. The lowest BCUT2D eigenvalue weighted by Crippen LogP contribution is -1.90. The number of nitrogens with zero attached hydrogens (tertiary/aromatic N) is 5. The molecular weight excluding hydrogens is 285 g/mol. The summed E-state index contributed by atoms with van der Waals surface area (Å²) < 4.78 is 20.4. The molecule has 0 saturated carbocycles. The minimum Gasteiger partial charge on any atom is -0.332 e.